The standard InChI is InChI=1S/C16H22N2O3/c1-11(2)12(3)17-15(19)10-18-13-6-4-5-7-14(13)21-9-8-16(18)20/h4-7,11-12H,8-10H2,1-3H3,(H,17,19)/t12-/m0/s1. The largest absolute Gasteiger partial charge is 0.491 e. The third-order valence-corrected chi connectivity index (χ3v) is 3.72. The number of carbonyl (C=O) groups is 2. The second-order valence-corrected chi connectivity index (χ2v) is 5.65. The second kappa shape index (κ2) is 6.61. The van der Waals surface area contributed by atoms with Gasteiger partial charge in [-0.25, -0.2) is 0 Å². The van der Waals surface area contributed by atoms with E-state index in [9.17, 15) is 9.59 Å². The van der Waals surface area contributed by atoms with Crippen molar-refractivity contribution in [1.29, 1.82) is 0 Å². The smallest absolute Gasteiger partial charge is 0.240 e. The zero-order chi connectivity index (χ0) is 15.4. The first-order valence-electron chi connectivity index (χ1n) is 7.30. The maximum absolute atomic E-state index is 12.2. The van der Waals surface area contributed by atoms with Gasteiger partial charge in [0.1, 0.15) is 12.3 Å². The third kappa shape index (κ3) is 3.74. The number of amides is 2. The molecule has 114 valence electrons. The molecule has 1 aromatic rings. The minimum atomic E-state index is -0.152. The average molecular weight is 290 g/mol. The lowest BCUT2D eigenvalue weighted by Crippen LogP contribution is -2.44. The van der Waals surface area contributed by atoms with Crippen molar-refractivity contribution in [3.8, 4) is 5.75 Å². The molecule has 21 heavy (non-hydrogen) atoms. The molecule has 1 aliphatic heterocycles. The van der Waals surface area contributed by atoms with Crippen LogP contribution in [0.15, 0.2) is 24.3 Å². The van der Waals surface area contributed by atoms with E-state index in [1.54, 1.807) is 6.07 Å². The highest BCUT2D eigenvalue weighted by Gasteiger charge is 2.25. The molecular formula is C16H22N2O3. The Labute approximate surface area is 125 Å². The number of nitrogens with zero attached hydrogens (tertiary/aromatic N) is 1. The monoisotopic (exact) mass is 290 g/mol. The van der Waals surface area contributed by atoms with E-state index in [0.29, 0.717) is 24.0 Å². The molecule has 5 heteroatoms. The topological polar surface area (TPSA) is 58.6 Å². The molecule has 1 aliphatic rings. The van der Waals surface area contributed by atoms with Crippen molar-refractivity contribution in [2.45, 2.75) is 33.2 Å². The van der Waals surface area contributed by atoms with Gasteiger partial charge in [-0.15, -0.1) is 0 Å². The number of ether oxygens (including phenoxy) is 1. The molecule has 0 aromatic heterocycles. The Morgan fingerprint density at radius 2 is 2.05 bits per heavy atom. The number of nitrogens with one attached hydrogen (secondary N) is 1. The molecular weight excluding hydrogens is 268 g/mol. The van der Waals surface area contributed by atoms with Crippen LogP contribution in [0.5, 0.6) is 5.75 Å². The zero-order valence-corrected chi connectivity index (χ0v) is 12.8. The van der Waals surface area contributed by atoms with Crippen LogP contribution in [0, 0.1) is 5.92 Å². The van der Waals surface area contributed by atoms with Crippen molar-refractivity contribution >= 4 is 17.5 Å². The van der Waals surface area contributed by atoms with E-state index in [1.807, 2.05) is 39.0 Å². The van der Waals surface area contributed by atoms with Crippen LogP contribution in [-0.4, -0.2) is 31.0 Å². The van der Waals surface area contributed by atoms with Gasteiger partial charge >= 0.3 is 0 Å². The highest BCUT2D eigenvalue weighted by Crippen LogP contribution is 2.30. The number of para-hydroxylation sites is 2. The molecule has 0 aliphatic carbocycles. The van der Waals surface area contributed by atoms with Crippen LogP contribution >= 0.6 is 0 Å². The van der Waals surface area contributed by atoms with Gasteiger partial charge in [-0.05, 0) is 25.0 Å². The molecule has 0 saturated heterocycles. The number of hydrogen-bond acceptors (Lipinski definition) is 3. The summed E-state index contributed by atoms with van der Waals surface area (Å²) >= 11 is 0. The van der Waals surface area contributed by atoms with Crippen LogP contribution in [0.2, 0.25) is 0 Å². The summed E-state index contributed by atoms with van der Waals surface area (Å²) in [5.41, 5.74) is 0.660. The highest BCUT2D eigenvalue weighted by atomic mass is 16.5. The van der Waals surface area contributed by atoms with Gasteiger partial charge in [0.05, 0.1) is 18.7 Å². The van der Waals surface area contributed by atoms with Crippen LogP contribution in [0.1, 0.15) is 27.2 Å². The van der Waals surface area contributed by atoms with Crippen LogP contribution in [-0.2, 0) is 9.59 Å². The first-order chi connectivity index (χ1) is 9.99. The fourth-order valence-corrected chi connectivity index (χ4v) is 2.10. The summed E-state index contributed by atoms with van der Waals surface area (Å²) in [6.45, 7) is 6.42. The summed E-state index contributed by atoms with van der Waals surface area (Å²) < 4.78 is 5.56. The fourth-order valence-electron chi connectivity index (χ4n) is 2.10. The summed E-state index contributed by atoms with van der Waals surface area (Å²) in [6, 6.07) is 7.38. The Morgan fingerprint density at radius 3 is 2.76 bits per heavy atom. The molecule has 5 nitrogen and oxygen atoms in total. The van der Waals surface area contributed by atoms with Gasteiger partial charge in [0.15, 0.2) is 0 Å². The number of carbonyl (C=O) groups excluding carboxylic acids is 2. The summed E-state index contributed by atoms with van der Waals surface area (Å²) in [7, 11) is 0. The van der Waals surface area contributed by atoms with Crippen molar-refractivity contribution in [1.82, 2.24) is 5.32 Å². The molecule has 1 heterocycles. The number of anilines is 1. The molecule has 0 radical (unpaired) electrons. The SMILES string of the molecule is CC(C)[C@H](C)NC(=O)CN1C(=O)CCOc2ccccc21. The normalized spacial score (nSPS) is 16.0. The Kier molecular flexibility index (Phi) is 4.83. The van der Waals surface area contributed by atoms with E-state index < -0.39 is 0 Å². The zero-order valence-electron chi connectivity index (χ0n) is 12.8. The summed E-state index contributed by atoms with van der Waals surface area (Å²) in [5.74, 6) is 0.756. The Morgan fingerprint density at radius 1 is 1.33 bits per heavy atom. The van der Waals surface area contributed by atoms with Gasteiger partial charge < -0.3 is 10.1 Å². The van der Waals surface area contributed by atoms with Gasteiger partial charge in [0, 0.05) is 6.04 Å². The maximum Gasteiger partial charge on any atom is 0.240 e. The molecule has 0 spiro atoms. The molecule has 1 N–H and O–H groups in total. The fraction of sp³-hybridized carbons (Fsp3) is 0.500. The molecule has 0 fully saturated rings. The summed E-state index contributed by atoms with van der Waals surface area (Å²) in [6.07, 6.45) is 0.279. The minimum Gasteiger partial charge on any atom is -0.491 e. The lowest BCUT2D eigenvalue weighted by atomic mass is 10.1. The predicted octanol–water partition coefficient (Wildman–Crippen LogP) is 1.96. The number of fused-ring (bicyclic) bond motifs is 1. The van der Waals surface area contributed by atoms with Crippen molar-refractivity contribution in [2.24, 2.45) is 5.92 Å². The van der Waals surface area contributed by atoms with E-state index in [0.717, 1.165) is 0 Å². The molecule has 0 bridgehead atoms. The summed E-state index contributed by atoms with van der Waals surface area (Å²) in [4.78, 5) is 25.9. The molecule has 2 amide bonds. The van der Waals surface area contributed by atoms with Gasteiger partial charge in [0.25, 0.3) is 0 Å². The lowest BCUT2D eigenvalue weighted by molar-refractivity contribution is -0.124. The first-order valence-corrected chi connectivity index (χ1v) is 7.30. The Bertz CT molecular complexity index is 528. The average Bonchev–Trinajstić information content (AvgIpc) is 2.59. The lowest BCUT2D eigenvalue weighted by Gasteiger charge is -2.23. The first kappa shape index (κ1) is 15.4. The van der Waals surface area contributed by atoms with E-state index in [-0.39, 0.29) is 30.8 Å². The Balaban J connectivity index is 2.14. The van der Waals surface area contributed by atoms with Gasteiger partial charge in [0.2, 0.25) is 11.8 Å². The predicted molar refractivity (Wildman–Crippen MR) is 81.3 cm³/mol. The number of hydrogen-bond donors (Lipinski definition) is 1. The molecule has 2 rings (SSSR count). The van der Waals surface area contributed by atoms with Crippen molar-refractivity contribution < 1.29 is 14.3 Å². The van der Waals surface area contributed by atoms with E-state index in [2.05, 4.69) is 5.32 Å². The van der Waals surface area contributed by atoms with Crippen LogP contribution in [0.4, 0.5) is 5.69 Å². The van der Waals surface area contributed by atoms with E-state index in [4.69, 9.17) is 4.74 Å². The molecule has 0 unspecified atom stereocenters. The second-order valence-electron chi connectivity index (χ2n) is 5.65. The quantitative estimate of drug-likeness (QED) is 0.922. The van der Waals surface area contributed by atoms with Crippen LogP contribution in [0.3, 0.4) is 0 Å². The molecule has 1 atom stereocenters. The van der Waals surface area contributed by atoms with Gasteiger partial charge in [-0.1, -0.05) is 26.0 Å². The maximum atomic E-state index is 12.2. The van der Waals surface area contributed by atoms with E-state index in [1.165, 1.54) is 4.90 Å². The van der Waals surface area contributed by atoms with Crippen LogP contribution in [0.25, 0.3) is 0 Å². The van der Waals surface area contributed by atoms with Gasteiger partial charge in [-0.3, -0.25) is 14.5 Å². The Hall–Kier alpha value is -2.04. The number of rotatable bonds is 4. The molecule has 0 saturated carbocycles. The number of benzene rings is 1. The minimum absolute atomic E-state index is 0.0241. The van der Waals surface area contributed by atoms with Crippen molar-refractivity contribution in [2.75, 3.05) is 18.1 Å². The highest BCUT2D eigenvalue weighted by molar-refractivity contribution is 6.00. The molecule has 1 aromatic carbocycles. The van der Waals surface area contributed by atoms with Gasteiger partial charge in [-0.2, -0.15) is 0 Å². The van der Waals surface area contributed by atoms with E-state index >= 15 is 0 Å². The third-order valence-electron chi connectivity index (χ3n) is 3.72. The summed E-state index contributed by atoms with van der Waals surface area (Å²) in [5, 5.41) is 2.92. The van der Waals surface area contributed by atoms with Crippen molar-refractivity contribution in [3.63, 3.8) is 0 Å². The van der Waals surface area contributed by atoms with Crippen LogP contribution < -0.4 is 15.0 Å². The van der Waals surface area contributed by atoms with Crippen molar-refractivity contribution in [3.05, 3.63) is 24.3 Å².